The fourth-order valence-corrected chi connectivity index (χ4v) is 5.61. The van der Waals surface area contributed by atoms with Gasteiger partial charge in [0.1, 0.15) is 5.82 Å². The van der Waals surface area contributed by atoms with Gasteiger partial charge in [-0.3, -0.25) is 4.79 Å². The van der Waals surface area contributed by atoms with Crippen LogP contribution in [0.5, 0.6) is 0 Å². The first kappa shape index (κ1) is 19.6. The van der Waals surface area contributed by atoms with Crippen molar-refractivity contribution in [3.8, 4) is 11.4 Å². The van der Waals surface area contributed by atoms with Crippen LogP contribution in [0.25, 0.3) is 33.3 Å². The average Bonchev–Trinajstić information content (AvgIpc) is 3.22. The molecule has 0 unspecified atom stereocenters. The molecule has 158 valence electrons. The summed E-state index contributed by atoms with van der Waals surface area (Å²) in [7, 11) is 0. The number of nitrogens with zero attached hydrogens (tertiary/aromatic N) is 3. The third-order valence-corrected chi connectivity index (χ3v) is 8.16. The number of hydrogen-bond acceptors (Lipinski definition) is 4. The van der Waals surface area contributed by atoms with E-state index < -0.39 is 0 Å². The maximum Gasteiger partial charge on any atom is 0.280 e. The van der Waals surface area contributed by atoms with Gasteiger partial charge in [-0.25, -0.2) is 9.66 Å². The highest BCUT2D eigenvalue weighted by molar-refractivity contribution is 14.1. The lowest BCUT2D eigenvalue weighted by molar-refractivity contribution is 0.0926. The number of benzene rings is 2. The first-order valence-corrected chi connectivity index (χ1v) is 12.0. The fraction of sp³-hybridized carbons (Fsp3) is 0.304. The van der Waals surface area contributed by atoms with Crippen molar-refractivity contribution in [3.05, 3.63) is 61.4 Å². The number of para-hydroxylation sites is 2. The third-order valence-electron chi connectivity index (χ3n) is 6.64. The van der Waals surface area contributed by atoms with Crippen molar-refractivity contribution < 1.29 is 0 Å². The first-order valence-electron chi connectivity index (χ1n) is 10.6. The molecule has 3 aliphatic heterocycles. The van der Waals surface area contributed by atoms with Gasteiger partial charge in [-0.05, 0) is 84.8 Å². The second kappa shape index (κ2) is 7.50. The molecule has 0 spiro atoms. The van der Waals surface area contributed by atoms with E-state index in [9.17, 15) is 4.79 Å². The number of H-pyrrole nitrogens is 1. The Morgan fingerprint density at radius 2 is 1.97 bits per heavy atom. The smallest absolute Gasteiger partial charge is 0.280 e. The van der Waals surface area contributed by atoms with E-state index in [-0.39, 0.29) is 11.6 Å². The van der Waals surface area contributed by atoms with Gasteiger partial charge in [-0.2, -0.15) is 0 Å². The molecule has 2 aromatic heterocycles. The van der Waals surface area contributed by atoms with Gasteiger partial charge >= 0.3 is 0 Å². The highest BCUT2D eigenvalue weighted by Crippen LogP contribution is 2.30. The number of halogens is 2. The number of imidazole rings is 1. The number of pyridine rings is 1. The molecule has 6 nitrogen and oxygen atoms in total. The number of rotatable bonds is 3. The van der Waals surface area contributed by atoms with E-state index in [1.807, 2.05) is 42.5 Å². The molecule has 3 saturated heterocycles. The fourth-order valence-electron chi connectivity index (χ4n) is 4.96. The van der Waals surface area contributed by atoms with E-state index in [2.05, 4.69) is 42.9 Å². The molecular formula is C23H21ClIN5O. The Morgan fingerprint density at radius 3 is 2.71 bits per heavy atom. The lowest BCUT2D eigenvalue weighted by Gasteiger charge is -2.45. The second-order valence-electron chi connectivity index (χ2n) is 8.50. The minimum absolute atomic E-state index is 0.111. The van der Waals surface area contributed by atoms with E-state index >= 15 is 0 Å². The first-order chi connectivity index (χ1) is 15.1. The van der Waals surface area contributed by atoms with Crippen LogP contribution >= 0.6 is 34.2 Å². The van der Waals surface area contributed by atoms with Crippen LogP contribution in [0.15, 0.2) is 47.3 Å². The number of piperidine rings is 3. The van der Waals surface area contributed by atoms with Gasteiger partial charge in [-0.1, -0.05) is 23.7 Å². The maximum absolute atomic E-state index is 13.7. The van der Waals surface area contributed by atoms with Crippen LogP contribution in [0, 0.1) is 9.49 Å². The summed E-state index contributed by atoms with van der Waals surface area (Å²) in [5.41, 5.74) is 6.58. The molecule has 0 saturated carbocycles. The zero-order valence-electron chi connectivity index (χ0n) is 16.7. The summed E-state index contributed by atoms with van der Waals surface area (Å²) in [6, 6.07) is 13.9. The second-order valence-corrected chi connectivity index (χ2v) is 10.1. The Labute approximate surface area is 197 Å². The highest BCUT2D eigenvalue weighted by Gasteiger charge is 2.34. The van der Waals surface area contributed by atoms with Crippen molar-refractivity contribution >= 4 is 56.1 Å². The largest absolute Gasteiger partial charge is 0.338 e. The summed E-state index contributed by atoms with van der Waals surface area (Å²) in [6.45, 7) is 3.27. The Kier molecular flexibility index (Phi) is 4.73. The summed E-state index contributed by atoms with van der Waals surface area (Å²) < 4.78 is 2.65. The third kappa shape index (κ3) is 3.34. The number of aromatic nitrogens is 3. The molecule has 31 heavy (non-hydrogen) atoms. The Morgan fingerprint density at radius 1 is 1.16 bits per heavy atom. The van der Waals surface area contributed by atoms with Gasteiger partial charge in [0.15, 0.2) is 0 Å². The van der Waals surface area contributed by atoms with Crippen LogP contribution in [0.2, 0.25) is 5.02 Å². The molecule has 1 atom stereocenters. The maximum atomic E-state index is 13.7. The van der Waals surface area contributed by atoms with Crippen molar-refractivity contribution in [2.75, 3.05) is 25.1 Å². The Balaban J connectivity index is 1.54. The van der Waals surface area contributed by atoms with Crippen molar-refractivity contribution in [2.24, 2.45) is 5.92 Å². The van der Waals surface area contributed by atoms with Crippen LogP contribution in [-0.4, -0.2) is 45.2 Å². The molecule has 2 bridgehead atoms. The van der Waals surface area contributed by atoms with E-state index in [1.54, 1.807) is 4.68 Å². The average molecular weight is 546 g/mol. The van der Waals surface area contributed by atoms with E-state index in [1.165, 1.54) is 12.8 Å². The monoisotopic (exact) mass is 545 g/mol. The molecule has 0 amide bonds. The molecule has 2 N–H and O–H groups in total. The zero-order valence-corrected chi connectivity index (χ0v) is 19.7. The van der Waals surface area contributed by atoms with Crippen molar-refractivity contribution in [2.45, 2.75) is 18.9 Å². The van der Waals surface area contributed by atoms with Gasteiger partial charge in [0.05, 0.1) is 33.2 Å². The van der Waals surface area contributed by atoms with Gasteiger partial charge in [0.2, 0.25) is 0 Å². The molecule has 5 heterocycles. The molecule has 7 rings (SSSR count). The quantitative estimate of drug-likeness (QED) is 0.374. The summed E-state index contributed by atoms with van der Waals surface area (Å²) in [6.07, 6.45) is 2.35. The van der Waals surface area contributed by atoms with E-state index in [4.69, 9.17) is 11.6 Å². The zero-order chi connectivity index (χ0) is 21.1. The summed E-state index contributed by atoms with van der Waals surface area (Å²) in [4.78, 5) is 24.2. The number of nitrogens with one attached hydrogen (secondary N) is 2. The van der Waals surface area contributed by atoms with Gasteiger partial charge in [-0.15, -0.1) is 0 Å². The summed E-state index contributed by atoms with van der Waals surface area (Å²) in [5, 5.41) is 1.60. The molecule has 3 fully saturated rings. The molecule has 0 aliphatic carbocycles. The summed E-state index contributed by atoms with van der Waals surface area (Å²) >= 11 is 8.68. The minimum Gasteiger partial charge on any atom is -0.338 e. The normalized spacial score (nSPS) is 23.0. The van der Waals surface area contributed by atoms with Crippen LogP contribution in [0.3, 0.4) is 0 Å². The van der Waals surface area contributed by atoms with E-state index in [0.29, 0.717) is 22.3 Å². The minimum atomic E-state index is -0.111. The van der Waals surface area contributed by atoms with Crippen LogP contribution in [0.1, 0.15) is 12.8 Å². The molecular weight excluding hydrogens is 525 g/mol. The molecule has 8 heteroatoms. The van der Waals surface area contributed by atoms with Gasteiger partial charge in [0, 0.05) is 15.5 Å². The molecule has 2 aromatic carbocycles. The van der Waals surface area contributed by atoms with Crippen molar-refractivity contribution in [1.82, 2.24) is 19.5 Å². The predicted molar refractivity (Wildman–Crippen MR) is 133 cm³/mol. The van der Waals surface area contributed by atoms with E-state index in [0.717, 1.165) is 45.1 Å². The van der Waals surface area contributed by atoms with Gasteiger partial charge in [0.25, 0.3) is 5.56 Å². The van der Waals surface area contributed by atoms with Crippen LogP contribution in [0.4, 0.5) is 0 Å². The molecule has 3 aliphatic rings. The Hall–Kier alpha value is -2.10. The predicted octanol–water partition coefficient (Wildman–Crippen LogP) is 4.44. The van der Waals surface area contributed by atoms with Crippen molar-refractivity contribution in [1.29, 1.82) is 0 Å². The Bertz CT molecular complexity index is 1340. The number of aromatic amines is 1. The lowest BCUT2D eigenvalue weighted by Crippen LogP contribution is -2.56. The number of hydrogen-bond donors (Lipinski definition) is 2. The van der Waals surface area contributed by atoms with Gasteiger partial charge < -0.3 is 15.3 Å². The SMILES string of the molecule is O=c1c(-c2nc3ccccc3[nH]2)cc2cc(I)c(Cl)cc2n1N[C@H]1CN2CCC1CC2. The van der Waals surface area contributed by atoms with Crippen LogP contribution < -0.4 is 11.0 Å². The lowest BCUT2D eigenvalue weighted by atomic mass is 9.84. The number of fused-ring (bicyclic) bond motifs is 5. The topological polar surface area (TPSA) is 66.0 Å². The van der Waals surface area contributed by atoms with Crippen LogP contribution in [-0.2, 0) is 0 Å². The molecule has 0 radical (unpaired) electrons. The summed E-state index contributed by atoms with van der Waals surface area (Å²) in [5.74, 6) is 1.17. The molecule has 4 aromatic rings. The van der Waals surface area contributed by atoms with Crippen molar-refractivity contribution in [3.63, 3.8) is 0 Å². The standard InChI is InChI=1S/C23H21ClIN5O/c24-16-11-21-14(10-17(16)25)9-15(22-26-18-3-1-2-4-19(18)27-22)23(31)30(21)28-20-12-29-7-5-13(20)6-8-29/h1-4,9-11,13,20,28H,5-8,12H2,(H,26,27)/t20-/m0/s1. The highest BCUT2D eigenvalue weighted by atomic mass is 127.